The molecule has 0 spiro atoms. The maximum Gasteiger partial charge on any atom is 0.245 e. The third kappa shape index (κ3) is 4.01. The van der Waals surface area contributed by atoms with Crippen molar-refractivity contribution in [1.82, 2.24) is 4.90 Å². The van der Waals surface area contributed by atoms with Gasteiger partial charge in [0.2, 0.25) is 5.91 Å². The quantitative estimate of drug-likeness (QED) is 0.720. The van der Waals surface area contributed by atoms with Crippen LogP contribution in [0.3, 0.4) is 0 Å². The molecule has 4 aliphatic carbocycles. The number of benzene rings is 1. The highest BCUT2D eigenvalue weighted by molar-refractivity contribution is 7.91. The molecule has 1 saturated heterocycles. The highest BCUT2D eigenvalue weighted by atomic mass is 32.2. The normalized spacial score (nSPS) is 36.3. The Morgan fingerprint density at radius 3 is 2.16 bits per heavy atom. The smallest absolute Gasteiger partial charge is 0.245 e. The third-order valence-corrected chi connectivity index (χ3v) is 10.3. The number of sulfone groups is 1. The molecule has 6 rings (SSSR count). The fourth-order valence-corrected chi connectivity index (χ4v) is 9.29. The van der Waals surface area contributed by atoms with Crippen LogP contribution < -0.4 is 5.32 Å². The molecule has 5 nitrogen and oxygen atoms in total. The Bertz CT molecular complexity index is 905. The summed E-state index contributed by atoms with van der Waals surface area (Å²) in [6, 6.07) is 8.27. The summed E-state index contributed by atoms with van der Waals surface area (Å²) in [5.41, 5.74) is 2.84. The van der Waals surface area contributed by atoms with Gasteiger partial charge in [-0.2, -0.15) is 0 Å². The molecule has 5 fully saturated rings. The molecular formula is C25H36N2O3S. The van der Waals surface area contributed by atoms with Crippen molar-refractivity contribution in [2.45, 2.75) is 76.3 Å². The molecule has 170 valence electrons. The predicted molar refractivity (Wildman–Crippen MR) is 124 cm³/mol. The summed E-state index contributed by atoms with van der Waals surface area (Å²) >= 11 is 0. The van der Waals surface area contributed by atoms with Gasteiger partial charge in [-0.1, -0.05) is 12.1 Å². The van der Waals surface area contributed by atoms with Crippen LogP contribution >= 0.6 is 0 Å². The van der Waals surface area contributed by atoms with E-state index in [1.807, 2.05) is 13.8 Å². The zero-order valence-corrected chi connectivity index (χ0v) is 19.7. The zero-order valence-electron chi connectivity index (χ0n) is 18.8. The molecule has 1 aromatic carbocycles. The number of hydrogen-bond donors (Lipinski definition) is 1. The minimum absolute atomic E-state index is 0.0187. The van der Waals surface area contributed by atoms with Gasteiger partial charge >= 0.3 is 0 Å². The first-order valence-corrected chi connectivity index (χ1v) is 14.0. The fourth-order valence-electron chi connectivity index (χ4n) is 7.56. The molecule has 4 bridgehead atoms. The lowest BCUT2D eigenvalue weighted by atomic mass is 9.48. The molecule has 1 aromatic rings. The van der Waals surface area contributed by atoms with E-state index in [0.29, 0.717) is 18.4 Å². The summed E-state index contributed by atoms with van der Waals surface area (Å²) in [5.74, 6) is 3.06. The number of rotatable bonds is 6. The van der Waals surface area contributed by atoms with E-state index in [1.165, 1.54) is 44.1 Å². The van der Waals surface area contributed by atoms with Gasteiger partial charge in [-0.05, 0) is 99.7 Å². The number of carbonyl (C=O) groups excluding carboxylic acids is 1. The van der Waals surface area contributed by atoms with E-state index < -0.39 is 9.84 Å². The number of likely N-dealkylation sites (N-methyl/N-ethyl adjacent to an activating group) is 1. The van der Waals surface area contributed by atoms with E-state index in [1.54, 1.807) is 4.90 Å². The van der Waals surface area contributed by atoms with E-state index in [2.05, 4.69) is 29.6 Å². The van der Waals surface area contributed by atoms with Crippen molar-refractivity contribution >= 4 is 21.4 Å². The first-order chi connectivity index (χ1) is 14.8. The molecule has 1 aliphatic heterocycles. The molecule has 0 aromatic heterocycles. The van der Waals surface area contributed by atoms with Crippen LogP contribution in [0.4, 0.5) is 5.69 Å². The second-order valence-corrected chi connectivity index (χ2v) is 13.1. The molecule has 31 heavy (non-hydrogen) atoms. The molecule has 2 atom stereocenters. The number of nitrogens with one attached hydrogen (secondary N) is 1. The van der Waals surface area contributed by atoms with Crippen molar-refractivity contribution in [2.75, 3.05) is 23.4 Å². The van der Waals surface area contributed by atoms with E-state index in [0.717, 1.165) is 23.4 Å². The standard InChI is InChI=1S/C25H36N2O3S/c1-3-27(23-8-9-31(29,30)16-23)24(28)17(2)26-22-6-4-21(5-7-22)25-13-18-10-19(14-25)12-20(11-18)15-25/h4-7,17-20,23,26H,3,8-16H2,1-2H3/t17-,18?,19?,20?,23-,25?/m0/s1. The lowest BCUT2D eigenvalue weighted by Crippen LogP contribution is -2.48. The van der Waals surface area contributed by atoms with E-state index in [4.69, 9.17) is 0 Å². The first-order valence-electron chi connectivity index (χ1n) is 12.1. The average molecular weight is 445 g/mol. The van der Waals surface area contributed by atoms with Crippen LogP contribution in [-0.2, 0) is 20.0 Å². The summed E-state index contributed by atoms with van der Waals surface area (Å²) in [6.07, 6.45) is 8.98. The van der Waals surface area contributed by atoms with E-state index >= 15 is 0 Å². The summed E-state index contributed by atoms with van der Waals surface area (Å²) in [4.78, 5) is 14.8. The van der Waals surface area contributed by atoms with E-state index in [-0.39, 0.29) is 29.5 Å². The molecule has 4 saturated carbocycles. The Morgan fingerprint density at radius 2 is 1.68 bits per heavy atom. The summed E-state index contributed by atoms with van der Waals surface area (Å²) in [7, 11) is -3.01. The lowest BCUT2D eigenvalue weighted by Gasteiger charge is -2.57. The highest BCUT2D eigenvalue weighted by Crippen LogP contribution is 2.60. The number of carbonyl (C=O) groups is 1. The summed E-state index contributed by atoms with van der Waals surface area (Å²) < 4.78 is 23.7. The Balaban J connectivity index is 1.25. The molecule has 1 N–H and O–H groups in total. The van der Waals surface area contributed by atoms with Crippen molar-refractivity contribution in [1.29, 1.82) is 0 Å². The molecule has 0 unspecified atom stereocenters. The highest BCUT2D eigenvalue weighted by Gasteiger charge is 2.51. The zero-order chi connectivity index (χ0) is 21.8. The van der Waals surface area contributed by atoms with Crippen molar-refractivity contribution in [3.8, 4) is 0 Å². The second kappa shape index (κ2) is 7.79. The first kappa shape index (κ1) is 21.3. The van der Waals surface area contributed by atoms with Crippen LogP contribution in [0.25, 0.3) is 0 Å². The SMILES string of the molecule is CCN(C(=O)[C@H](C)Nc1ccc(C23CC4CC(CC(C4)C2)C3)cc1)[C@H]1CCS(=O)(=O)C1. The van der Waals surface area contributed by atoms with Crippen LogP contribution in [0.15, 0.2) is 24.3 Å². The topological polar surface area (TPSA) is 66.5 Å². The number of anilines is 1. The van der Waals surface area contributed by atoms with Crippen LogP contribution in [0.1, 0.15) is 64.4 Å². The van der Waals surface area contributed by atoms with Gasteiger partial charge in [0.1, 0.15) is 6.04 Å². The molecule has 1 amide bonds. The Morgan fingerprint density at radius 1 is 1.10 bits per heavy atom. The minimum atomic E-state index is -3.01. The number of amides is 1. The maximum absolute atomic E-state index is 13.0. The number of nitrogens with zero attached hydrogens (tertiary/aromatic N) is 1. The second-order valence-electron chi connectivity index (χ2n) is 10.8. The Kier molecular flexibility index (Phi) is 5.35. The van der Waals surface area contributed by atoms with Crippen LogP contribution in [-0.4, -0.2) is 49.4 Å². The van der Waals surface area contributed by atoms with Crippen molar-refractivity contribution < 1.29 is 13.2 Å². The van der Waals surface area contributed by atoms with Gasteiger partial charge in [-0.3, -0.25) is 4.79 Å². The number of hydrogen-bond acceptors (Lipinski definition) is 4. The fraction of sp³-hybridized carbons (Fsp3) is 0.720. The van der Waals surface area contributed by atoms with Gasteiger partial charge in [0, 0.05) is 18.3 Å². The van der Waals surface area contributed by atoms with Crippen molar-refractivity contribution in [3.63, 3.8) is 0 Å². The van der Waals surface area contributed by atoms with E-state index in [9.17, 15) is 13.2 Å². The Labute approximate surface area is 186 Å². The average Bonchev–Trinajstić information content (AvgIpc) is 3.07. The summed E-state index contributed by atoms with van der Waals surface area (Å²) in [6.45, 7) is 4.34. The van der Waals surface area contributed by atoms with Gasteiger partial charge < -0.3 is 10.2 Å². The van der Waals surface area contributed by atoms with Crippen LogP contribution in [0.2, 0.25) is 0 Å². The van der Waals surface area contributed by atoms with Crippen molar-refractivity contribution in [2.24, 2.45) is 17.8 Å². The largest absolute Gasteiger partial charge is 0.374 e. The molecule has 0 radical (unpaired) electrons. The maximum atomic E-state index is 13.0. The molecule has 5 aliphatic rings. The molecule has 1 heterocycles. The monoisotopic (exact) mass is 444 g/mol. The molecule has 6 heteroatoms. The van der Waals surface area contributed by atoms with Crippen LogP contribution in [0.5, 0.6) is 0 Å². The van der Waals surface area contributed by atoms with Gasteiger partial charge in [0.25, 0.3) is 0 Å². The lowest BCUT2D eigenvalue weighted by molar-refractivity contribution is -0.133. The Hall–Kier alpha value is -1.56. The molecular weight excluding hydrogens is 408 g/mol. The van der Waals surface area contributed by atoms with Crippen LogP contribution in [0, 0.1) is 17.8 Å². The summed E-state index contributed by atoms with van der Waals surface area (Å²) in [5, 5.41) is 3.36. The van der Waals surface area contributed by atoms with Gasteiger partial charge in [-0.25, -0.2) is 8.42 Å². The minimum Gasteiger partial charge on any atom is -0.374 e. The van der Waals surface area contributed by atoms with Gasteiger partial charge in [-0.15, -0.1) is 0 Å². The van der Waals surface area contributed by atoms with Gasteiger partial charge in [0.15, 0.2) is 9.84 Å². The predicted octanol–water partition coefficient (Wildman–Crippen LogP) is 3.99. The van der Waals surface area contributed by atoms with Gasteiger partial charge in [0.05, 0.1) is 11.5 Å². The van der Waals surface area contributed by atoms with Crippen molar-refractivity contribution in [3.05, 3.63) is 29.8 Å². The third-order valence-electron chi connectivity index (χ3n) is 8.56.